The molecule has 0 radical (unpaired) electrons. The fourth-order valence-corrected chi connectivity index (χ4v) is 0. The van der Waals surface area contributed by atoms with Crippen LogP contribution in [-0.2, 0) is 24.6 Å². The van der Waals surface area contributed by atoms with Gasteiger partial charge in [-0.3, -0.25) is 0 Å². The molecule has 0 aromatic carbocycles. The molecule has 0 aliphatic carbocycles. The van der Waals surface area contributed by atoms with Crippen LogP contribution in [0.2, 0.25) is 0 Å². The first-order chi connectivity index (χ1) is 2.56. The Labute approximate surface area is 67.8 Å². The summed E-state index contributed by atoms with van der Waals surface area (Å²) in [6, 6.07) is 0. The molecule has 0 heterocycles. The molecule has 7 heteroatoms. The van der Waals surface area contributed by atoms with Crippen molar-refractivity contribution >= 4 is 20.2 Å². The molecule has 38 valence electrons. The van der Waals surface area contributed by atoms with Gasteiger partial charge < -0.3 is 4.55 Å². The van der Waals surface area contributed by atoms with Crippen molar-refractivity contribution in [1.29, 1.82) is 0 Å². The van der Waals surface area contributed by atoms with Crippen LogP contribution in [-0.4, -0.2) is 14.0 Å². The van der Waals surface area contributed by atoms with Gasteiger partial charge in [-0.1, -0.05) is 0 Å². The van der Waals surface area contributed by atoms with Gasteiger partial charge in [-0.25, -0.2) is 9.47 Å². The van der Waals surface area contributed by atoms with E-state index in [9.17, 15) is 8.76 Å². The molecule has 0 aliphatic heterocycles. The maximum atomic E-state index is 9.34. The van der Waals surface area contributed by atoms with Gasteiger partial charge >= 0.3 is 29.6 Å². The van der Waals surface area contributed by atoms with E-state index in [-0.39, 0.29) is 29.6 Å². The number of hydrogen-bond acceptors (Lipinski definition) is 5. The van der Waals surface area contributed by atoms with Crippen LogP contribution in [0.4, 0.5) is 0 Å². The van der Waals surface area contributed by atoms with Crippen molar-refractivity contribution in [2.75, 3.05) is 0 Å². The van der Waals surface area contributed by atoms with E-state index in [0.717, 1.165) is 0 Å². The summed E-state index contributed by atoms with van der Waals surface area (Å²) < 4.78 is 21.4. The van der Waals surface area contributed by atoms with Gasteiger partial charge in [-0.05, 0) is 11.2 Å². The third-order valence-corrected chi connectivity index (χ3v) is 0.456. The Hall–Kier alpha value is 1.25. The molecule has 0 aromatic rings. The van der Waals surface area contributed by atoms with Gasteiger partial charge in [-0.15, -0.1) is 4.33 Å². The molecule has 0 bridgehead atoms. The average molecular weight is 152 g/mol. The van der Waals surface area contributed by atoms with Crippen LogP contribution >= 0.6 is 0 Å². The molecule has 1 unspecified atom stereocenters. The van der Waals surface area contributed by atoms with E-state index in [4.69, 9.17) is 5.26 Å². The smallest absolute Gasteiger partial charge is 0.746 e. The van der Waals surface area contributed by atoms with Gasteiger partial charge in [0.2, 0.25) is 0 Å². The summed E-state index contributed by atoms with van der Waals surface area (Å²) in [4.78, 5) is 0. The average Bonchev–Trinajstić information content (AvgIpc) is 1.35. The first-order valence-corrected chi connectivity index (χ1v) is 3.18. The minimum Gasteiger partial charge on any atom is -0.746 e. The van der Waals surface area contributed by atoms with Crippen LogP contribution in [0.1, 0.15) is 0 Å². The second-order valence-corrected chi connectivity index (χ2v) is 2.67. The van der Waals surface area contributed by atoms with Crippen LogP contribution in [0.15, 0.2) is 0 Å². The van der Waals surface area contributed by atoms with Gasteiger partial charge in [0.15, 0.2) is 0 Å². The monoisotopic (exact) mass is 152 g/mol. The Kier molecular flexibility index (Phi) is 6.60. The van der Waals surface area contributed by atoms with E-state index in [1.54, 1.807) is 0 Å². The topological polar surface area (TPSA) is 69.6 Å². The predicted molar refractivity (Wildman–Crippen MR) is 20.0 cm³/mol. The summed E-state index contributed by atoms with van der Waals surface area (Å²) in [7, 11) is -4.02. The third kappa shape index (κ3) is 11.1. The standard InChI is InChI=1S/Na.H2O4S2/c;1-4-6(2,3)5/h;1H,(H,2,3,5)/q+1;/p-1. The zero-order chi connectivity index (χ0) is 5.21. The molecule has 0 saturated heterocycles. The molecule has 0 aromatic heterocycles. The third-order valence-electron chi connectivity index (χ3n) is 0.0913. The van der Waals surface area contributed by atoms with E-state index < -0.39 is 9.05 Å². The van der Waals surface area contributed by atoms with Gasteiger partial charge in [0, 0.05) is 0 Å². The quantitative estimate of drug-likeness (QED) is 0.238. The van der Waals surface area contributed by atoms with Crippen LogP contribution in [0.25, 0.3) is 0 Å². The Morgan fingerprint density at radius 3 is 2.00 bits per heavy atom. The normalized spacial score (nSPS) is 16.9. The minimum atomic E-state index is -4.02. The zero-order valence-corrected chi connectivity index (χ0v) is 7.12. The fourth-order valence-electron chi connectivity index (χ4n) is 0. The van der Waals surface area contributed by atoms with Crippen LogP contribution in [0, 0.1) is 0 Å². The predicted octanol–water partition coefficient (Wildman–Crippen LogP) is -3.73. The van der Waals surface area contributed by atoms with Gasteiger partial charge in [0.05, 0.1) is 0 Å². The Morgan fingerprint density at radius 2 is 2.00 bits per heavy atom. The number of hydrogen-bond donors (Lipinski definition) is 1. The molecule has 0 aliphatic rings. The summed E-state index contributed by atoms with van der Waals surface area (Å²) >= 11 is 3.49. The van der Waals surface area contributed by atoms with Gasteiger partial charge in [0.25, 0.3) is 0 Å². The largest absolute Gasteiger partial charge is 1.00 e. The molecule has 1 N–H and O–H groups in total. The second kappa shape index (κ2) is 4.16. The molecule has 1 atom stereocenters. The van der Waals surface area contributed by atoms with Crippen molar-refractivity contribution in [3.05, 3.63) is 0 Å². The van der Waals surface area contributed by atoms with Crippen molar-refractivity contribution in [2.45, 2.75) is 0 Å². The van der Waals surface area contributed by atoms with E-state index in [0.29, 0.717) is 0 Å². The Morgan fingerprint density at radius 1 is 1.86 bits per heavy atom. The maximum Gasteiger partial charge on any atom is 1.00 e. The molecule has 0 rings (SSSR count). The number of rotatable bonds is 1. The first-order valence-electron chi connectivity index (χ1n) is 0.849. The summed E-state index contributed by atoms with van der Waals surface area (Å²) in [5, 5.41) is 7.21. The SMILES string of the molecule is O=S([O-])(=S)OO.[Na+]. The van der Waals surface area contributed by atoms with E-state index in [1.165, 1.54) is 0 Å². The second-order valence-electron chi connectivity index (χ2n) is 0.483. The molecular formula is HNaO4S2. The molecule has 4 nitrogen and oxygen atoms in total. The Bertz CT molecular complexity index is 112. The molecule has 0 spiro atoms. The van der Waals surface area contributed by atoms with Crippen molar-refractivity contribution < 1.29 is 47.9 Å². The van der Waals surface area contributed by atoms with Crippen molar-refractivity contribution in [1.82, 2.24) is 0 Å². The van der Waals surface area contributed by atoms with Crippen LogP contribution in [0.5, 0.6) is 0 Å². The molecule has 7 heavy (non-hydrogen) atoms. The van der Waals surface area contributed by atoms with Crippen LogP contribution in [0.3, 0.4) is 0 Å². The Balaban J connectivity index is 0. The summed E-state index contributed by atoms with van der Waals surface area (Å²) in [6.45, 7) is 0. The maximum absolute atomic E-state index is 9.34. The van der Waals surface area contributed by atoms with E-state index >= 15 is 0 Å². The fraction of sp³-hybridized carbons (Fsp3) is 0. The first kappa shape index (κ1) is 11.1. The minimum absolute atomic E-state index is 0. The van der Waals surface area contributed by atoms with E-state index in [1.807, 2.05) is 0 Å². The summed E-state index contributed by atoms with van der Waals surface area (Å²) in [6.07, 6.45) is 0. The van der Waals surface area contributed by atoms with Gasteiger partial charge in [0.1, 0.15) is 9.05 Å². The van der Waals surface area contributed by atoms with Crippen molar-refractivity contribution in [2.24, 2.45) is 0 Å². The van der Waals surface area contributed by atoms with Gasteiger partial charge in [-0.2, -0.15) is 0 Å². The molecule has 0 fully saturated rings. The van der Waals surface area contributed by atoms with E-state index in [2.05, 4.69) is 15.5 Å². The van der Waals surface area contributed by atoms with Crippen LogP contribution < -0.4 is 29.6 Å². The molecule has 0 amide bonds. The zero-order valence-electron chi connectivity index (χ0n) is 3.49. The van der Waals surface area contributed by atoms with Crippen molar-refractivity contribution in [3.8, 4) is 0 Å². The van der Waals surface area contributed by atoms with Crippen molar-refractivity contribution in [3.63, 3.8) is 0 Å². The molecule has 0 saturated carbocycles. The summed E-state index contributed by atoms with van der Waals surface area (Å²) in [5.41, 5.74) is 0. The summed E-state index contributed by atoms with van der Waals surface area (Å²) in [5.74, 6) is 0. The molecular weight excluding hydrogens is 151 g/mol.